The molecule has 0 aromatic heterocycles. The fourth-order valence-electron chi connectivity index (χ4n) is 3.76. The van der Waals surface area contributed by atoms with Crippen LogP contribution in [0.25, 0.3) is 0 Å². The molecular weight excluding hydrogens is 347 g/mol. The second-order valence-electron chi connectivity index (χ2n) is 7.06. The van der Waals surface area contributed by atoms with E-state index in [2.05, 4.69) is 10.2 Å². The topological polar surface area (TPSA) is 50.8 Å². The second-order valence-corrected chi connectivity index (χ2v) is 7.06. The summed E-state index contributed by atoms with van der Waals surface area (Å²) in [5.74, 6) is 1.25. The Kier molecular flexibility index (Phi) is 5.25. The van der Waals surface area contributed by atoms with Gasteiger partial charge in [-0.05, 0) is 61.2 Å². The average molecular weight is 370 g/mol. The number of benzene rings is 2. The van der Waals surface area contributed by atoms with Crippen molar-refractivity contribution in [2.75, 3.05) is 19.9 Å². The van der Waals surface area contributed by atoms with Crippen molar-refractivity contribution in [3.8, 4) is 11.5 Å². The lowest BCUT2D eigenvalue weighted by Gasteiger charge is -2.24. The third kappa shape index (κ3) is 4.39. The van der Waals surface area contributed by atoms with E-state index in [4.69, 9.17) is 9.47 Å². The molecule has 1 N–H and O–H groups in total. The molecule has 0 aliphatic carbocycles. The maximum Gasteiger partial charge on any atom is 0.234 e. The van der Waals surface area contributed by atoms with E-state index in [9.17, 15) is 9.18 Å². The highest BCUT2D eigenvalue weighted by molar-refractivity contribution is 5.78. The molecule has 6 heteroatoms. The zero-order valence-corrected chi connectivity index (χ0v) is 15.1. The number of amides is 1. The summed E-state index contributed by atoms with van der Waals surface area (Å²) < 4.78 is 24.1. The molecule has 0 spiro atoms. The summed E-state index contributed by atoms with van der Waals surface area (Å²) in [7, 11) is 0. The predicted octanol–water partition coefficient (Wildman–Crippen LogP) is 2.88. The van der Waals surface area contributed by atoms with Gasteiger partial charge in [0.05, 0.1) is 6.54 Å². The molecule has 2 aliphatic rings. The van der Waals surface area contributed by atoms with Crippen molar-refractivity contribution in [1.29, 1.82) is 0 Å². The standard InChI is InChI=1S/C21H23FN2O3/c22-17-4-1-3-15(9-17)10-18-5-2-8-24(18)13-21(25)23-12-16-6-7-19-20(11-16)27-14-26-19/h1,3-4,6-7,9,11,18H,2,5,8,10,12-14H2,(H,23,25). The summed E-state index contributed by atoms with van der Waals surface area (Å²) in [6.07, 6.45) is 2.87. The lowest BCUT2D eigenvalue weighted by atomic mass is 10.0. The van der Waals surface area contributed by atoms with Crippen LogP contribution in [-0.2, 0) is 17.8 Å². The molecule has 0 bridgehead atoms. The van der Waals surface area contributed by atoms with Gasteiger partial charge in [0.15, 0.2) is 11.5 Å². The van der Waals surface area contributed by atoms with Gasteiger partial charge < -0.3 is 14.8 Å². The van der Waals surface area contributed by atoms with Crippen LogP contribution < -0.4 is 14.8 Å². The maximum atomic E-state index is 13.4. The highest BCUT2D eigenvalue weighted by Crippen LogP contribution is 2.32. The number of nitrogens with one attached hydrogen (secondary N) is 1. The Hall–Kier alpha value is -2.60. The van der Waals surface area contributed by atoms with Crippen LogP contribution in [0.1, 0.15) is 24.0 Å². The van der Waals surface area contributed by atoms with Crippen LogP contribution in [0.4, 0.5) is 4.39 Å². The number of rotatable bonds is 6. The molecule has 0 saturated carbocycles. The summed E-state index contributed by atoms with van der Waals surface area (Å²) in [6.45, 7) is 1.96. The lowest BCUT2D eigenvalue weighted by Crippen LogP contribution is -2.40. The Bertz CT molecular complexity index is 827. The number of ether oxygens (including phenoxy) is 2. The van der Waals surface area contributed by atoms with Crippen LogP contribution in [0, 0.1) is 5.82 Å². The van der Waals surface area contributed by atoms with Gasteiger partial charge in [0, 0.05) is 12.6 Å². The van der Waals surface area contributed by atoms with E-state index in [1.807, 2.05) is 24.3 Å². The SMILES string of the molecule is O=C(CN1CCCC1Cc1cccc(F)c1)NCc1ccc2c(c1)OCO2. The van der Waals surface area contributed by atoms with Gasteiger partial charge in [-0.15, -0.1) is 0 Å². The first kappa shape index (κ1) is 17.8. The summed E-state index contributed by atoms with van der Waals surface area (Å²) in [6, 6.07) is 12.7. The van der Waals surface area contributed by atoms with Gasteiger partial charge in [-0.2, -0.15) is 0 Å². The van der Waals surface area contributed by atoms with Gasteiger partial charge in [-0.25, -0.2) is 4.39 Å². The average Bonchev–Trinajstić information content (AvgIpc) is 3.29. The van der Waals surface area contributed by atoms with Crippen LogP contribution in [0.2, 0.25) is 0 Å². The smallest absolute Gasteiger partial charge is 0.234 e. The number of likely N-dealkylation sites (tertiary alicyclic amines) is 1. The first-order valence-corrected chi connectivity index (χ1v) is 9.31. The Morgan fingerprint density at radius 3 is 2.93 bits per heavy atom. The number of hydrogen-bond acceptors (Lipinski definition) is 4. The predicted molar refractivity (Wildman–Crippen MR) is 99.1 cm³/mol. The van der Waals surface area contributed by atoms with Crippen molar-refractivity contribution in [2.45, 2.75) is 31.8 Å². The third-order valence-corrected chi connectivity index (χ3v) is 5.13. The monoisotopic (exact) mass is 370 g/mol. The molecule has 2 aromatic carbocycles. The van der Waals surface area contributed by atoms with Crippen LogP contribution in [0.3, 0.4) is 0 Å². The normalized spacial score (nSPS) is 18.6. The minimum Gasteiger partial charge on any atom is -0.454 e. The largest absolute Gasteiger partial charge is 0.454 e. The van der Waals surface area contributed by atoms with Crippen molar-refractivity contribution < 1.29 is 18.7 Å². The summed E-state index contributed by atoms with van der Waals surface area (Å²) >= 11 is 0. The van der Waals surface area contributed by atoms with E-state index in [-0.39, 0.29) is 24.6 Å². The first-order chi connectivity index (χ1) is 13.2. The molecule has 1 unspecified atom stereocenters. The Labute approximate surface area is 158 Å². The lowest BCUT2D eigenvalue weighted by molar-refractivity contribution is -0.122. The molecule has 2 heterocycles. The molecule has 4 rings (SSSR count). The second kappa shape index (κ2) is 7.96. The van der Waals surface area contributed by atoms with Crippen LogP contribution in [-0.4, -0.2) is 36.7 Å². The molecule has 1 atom stereocenters. The highest BCUT2D eigenvalue weighted by atomic mass is 19.1. The van der Waals surface area contributed by atoms with E-state index in [1.54, 1.807) is 12.1 Å². The number of carbonyl (C=O) groups excluding carboxylic acids is 1. The van der Waals surface area contributed by atoms with Gasteiger partial charge in [-0.3, -0.25) is 9.69 Å². The minimum atomic E-state index is -0.210. The molecule has 5 nitrogen and oxygen atoms in total. The van der Waals surface area contributed by atoms with Gasteiger partial charge in [0.25, 0.3) is 0 Å². The first-order valence-electron chi connectivity index (χ1n) is 9.31. The van der Waals surface area contributed by atoms with Gasteiger partial charge >= 0.3 is 0 Å². The zero-order chi connectivity index (χ0) is 18.6. The Morgan fingerprint density at radius 2 is 2.04 bits per heavy atom. The molecule has 2 aromatic rings. The highest BCUT2D eigenvalue weighted by Gasteiger charge is 2.26. The van der Waals surface area contributed by atoms with Crippen molar-refractivity contribution in [3.05, 3.63) is 59.4 Å². The maximum absolute atomic E-state index is 13.4. The van der Waals surface area contributed by atoms with Crippen LogP contribution in [0.5, 0.6) is 11.5 Å². The van der Waals surface area contributed by atoms with E-state index in [1.165, 1.54) is 6.07 Å². The minimum absolute atomic E-state index is 0.00110. The number of hydrogen-bond donors (Lipinski definition) is 1. The summed E-state index contributed by atoms with van der Waals surface area (Å²) in [4.78, 5) is 14.6. The Balaban J connectivity index is 1.29. The molecule has 0 radical (unpaired) electrons. The fourth-order valence-corrected chi connectivity index (χ4v) is 3.76. The Morgan fingerprint density at radius 1 is 1.15 bits per heavy atom. The van der Waals surface area contributed by atoms with E-state index >= 15 is 0 Å². The van der Waals surface area contributed by atoms with Crippen molar-refractivity contribution in [1.82, 2.24) is 10.2 Å². The molecule has 142 valence electrons. The third-order valence-electron chi connectivity index (χ3n) is 5.13. The molecular formula is C21H23FN2O3. The number of fused-ring (bicyclic) bond motifs is 1. The van der Waals surface area contributed by atoms with E-state index in [0.717, 1.165) is 48.4 Å². The summed E-state index contributed by atoms with van der Waals surface area (Å²) in [5, 5.41) is 2.97. The molecule has 1 amide bonds. The number of nitrogens with zero attached hydrogens (tertiary/aromatic N) is 1. The van der Waals surface area contributed by atoms with Crippen LogP contribution in [0.15, 0.2) is 42.5 Å². The molecule has 1 fully saturated rings. The quantitative estimate of drug-likeness (QED) is 0.850. The summed E-state index contributed by atoms with van der Waals surface area (Å²) in [5.41, 5.74) is 1.96. The van der Waals surface area contributed by atoms with Crippen molar-refractivity contribution in [2.24, 2.45) is 0 Å². The van der Waals surface area contributed by atoms with Gasteiger partial charge in [0.1, 0.15) is 5.82 Å². The zero-order valence-electron chi connectivity index (χ0n) is 15.1. The number of carbonyl (C=O) groups is 1. The number of halogens is 1. The van der Waals surface area contributed by atoms with Crippen molar-refractivity contribution >= 4 is 5.91 Å². The fraction of sp³-hybridized carbons (Fsp3) is 0.381. The molecule has 2 aliphatic heterocycles. The van der Waals surface area contributed by atoms with Crippen molar-refractivity contribution in [3.63, 3.8) is 0 Å². The molecule has 27 heavy (non-hydrogen) atoms. The van der Waals surface area contributed by atoms with Crippen LogP contribution >= 0.6 is 0 Å². The van der Waals surface area contributed by atoms with E-state index in [0.29, 0.717) is 13.1 Å². The van der Waals surface area contributed by atoms with Gasteiger partial charge in [-0.1, -0.05) is 18.2 Å². The molecule has 1 saturated heterocycles. The van der Waals surface area contributed by atoms with Gasteiger partial charge in [0.2, 0.25) is 12.7 Å². The van der Waals surface area contributed by atoms with E-state index < -0.39 is 0 Å².